The van der Waals surface area contributed by atoms with Gasteiger partial charge >= 0.3 is 0 Å². The van der Waals surface area contributed by atoms with Gasteiger partial charge in [0.1, 0.15) is 0 Å². The van der Waals surface area contributed by atoms with E-state index in [0.29, 0.717) is 5.69 Å². The van der Waals surface area contributed by atoms with Crippen LogP contribution in [0.5, 0.6) is 0 Å². The molecule has 3 N–H and O–H groups in total. The van der Waals surface area contributed by atoms with Gasteiger partial charge in [-0.2, -0.15) is 0 Å². The Morgan fingerprint density at radius 1 is 1.00 bits per heavy atom. The fourth-order valence-corrected chi connectivity index (χ4v) is 2.62. The molecule has 0 heterocycles. The molecule has 0 spiro atoms. The predicted octanol–water partition coefficient (Wildman–Crippen LogP) is 2.26. The second-order valence-electron chi connectivity index (χ2n) is 4.23. The summed E-state index contributed by atoms with van der Waals surface area (Å²) in [5.74, 6) is 0. The van der Waals surface area contributed by atoms with Crippen LogP contribution in [0.3, 0.4) is 0 Å². The summed E-state index contributed by atoms with van der Waals surface area (Å²) in [6, 6.07) is 15.8. The van der Waals surface area contributed by atoms with Crippen LogP contribution in [0.4, 0.5) is 5.69 Å². The highest BCUT2D eigenvalue weighted by Crippen LogP contribution is 2.11. The van der Waals surface area contributed by atoms with E-state index in [0.717, 1.165) is 5.56 Å². The molecule has 0 aliphatic rings. The van der Waals surface area contributed by atoms with Gasteiger partial charge in [-0.15, -0.1) is 0 Å². The van der Waals surface area contributed by atoms with Crippen LogP contribution in [0.2, 0.25) is 0 Å². The third-order valence-electron chi connectivity index (χ3n) is 2.69. The van der Waals surface area contributed by atoms with E-state index in [1.165, 1.54) is 12.1 Å². The monoisotopic (exact) mass is 288 g/mol. The zero-order chi connectivity index (χ0) is 14.4. The molecule has 5 heteroatoms. The van der Waals surface area contributed by atoms with Crippen molar-refractivity contribution >= 4 is 21.8 Å². The maximum atomic E-state index is 12.0. The molecule has 0 saturated heterocycles. The first-order valence-corrected chi connectivity index (χ1v) is 7.63. The molecule has 0 radical (unpaired) electrons. The van der Waals surface area contributed by atoms with Crippen LogP contribution in [0, 0.1) is 0 Å². The quantitative estimate of drug-likeness (QED) is 0.829. The van der Waals surface area contributed by atoms with Crippen molar-refractivity contribution in [2.45, 2.75) is 4.90 Å². The van der Waals surface area contributed by atoms with Crippen molar-refractivity contribution in [1.82, 2.24) is 4.72 Å². The summed E-state index contributed by atoms with van der Waals surface area (Å²) in [5.41, 5.74) is 7.09. The van der Waals surface area contributed by atoms with E-state index in [4.69, 9.17) is 5.73 Å². The third kappa shape index (κ3) is 3.94. The number of nitrogens with one attached hydrogen (secondary N) is 1. The lowest BCUT2D eigenvalue weighted by Crippen LogP contribution is -2.23. The highest BCUT2D eigenvalue weighted by atomic mass is 32.2. The van der Waals surface area contributed by atoms with Gasteiger partial charge in [0.05, 0.1) is 4.90 Å². The number of nitrogens with two attached hydrogens (primary N) is 1. The van der Waals surface area contributed by atoms with Crippen molar-refractivity contribution in [2.24, 2.45) is 0 Å². The fourth-order valence-electron chi connectivity index (χ4n) is 1.65. The smallest absolute Gasteiger partial charge is 0.240 e. The number of hydrogen-bond acceptors (Lipinski definition) is 3. The molecule has 0 amide bonds. The summed E-state index contributed by atoms with van der Waals surface area (Å²) < 4.78 is 26.4. The van der Waals surface area contributed by atoms with E-state index in [2.05, 4.69) is 4.72 Å². The van der Waals surface area contributed by atoms with Crippen molar-refractivity contribution in [3.63, 3.8) is 0 Å². The summed E-state index contributed by atoms with van der Waals surface area (Å²) in [4.78, 5) is 0.208. The maximum absolute atomic E-state index is 12.0. The van der Waals surface area contributed by atoms with Gasteiger partial charge in [-0.3, -0.25) is 0 Å². The second kappa shape index (κ2) is 6.36. The minimum absolute atomic E-state index is 0.208. The van der Waals surface area contributed by atoms with Crippen LogP contribution in [-0.2, 0) is 10.0 Å². The Hall–Kier alpha value is -2.11. The first kappa shape index (κ1) is 14.3. The molecule has 0 saturated carbocycles. The highest BCUT2D eigenvalue weighted by molar-refractivity contribution is 7.89. The van der Waals surface area contributed by atoms with Gasteiger partial charge in [-0.1, -0.05) is 42.5 Å². The first-order valence-electron chi connectivity index (χ1n) is 6.15. The lowest BCUT2D eigenvalue weighted by molar-refractivity contribution is 0.585. The number of hydrogen-bond donors (Lipinski definition) is 2. The Labute approximate surface area is 119 Å². The number of benzene rings is 2. The summed E-state index contributed by atoms with van der Waals surface area (Å²) >= 11 is 0. The minimum atomic E-state index is -3.49. The molecule has 0 bridgehead atoms. The van der Waals surface area contributed by atoms with Crippen LogP contribution in [-0.4, -0.2) is 15.0 Å². The number of nitrogen functional groups attached to an aromatic ring is 1. The van der Waals surface area contributed by atoms with E-state index in [9.17, 15) is 8.42 Å². The van der Waals surface area contributed by atoms with Crippen LogP contribution in [0.15, 0.2) is 65.6 Å². The Balaban J connectivity index is 1.96. The van der Waals surface area contributed by atoms with Crippen LogP contribution in [0.25, 0.3) is 6.08 Å². The fraction of sp³-hybridized carbons (Fsp3) is 0.0667. The molecule has 0 aliphatic heterocycles. The molecule has 0 aliphatic carbocycles. The van der Waals surface area contributed by atoms with E-state index < -0.39 is 10.0 Å². The van der Waals surface area contributed by atoms with Crippen LogP contribution >= 0.6 is 0 Å². The molecule has 20 heavy (non-hydrogen) atoms. The van der Waals surface area contributed by atoms with E-state index in [-0.39, 0.29) is 11.4 Å². The SMILES string of the molecule is Nc1ccc(S(=O)(=O)NCC=Cc2ccccc2)cc1. The molecule has 2 rings (SSSR count). The Morgan fingerprint density at radius 2 is 1.65 bits per heavy atom. The molecule has 0 fully saturated rings. The molecular formula is C15H16N2O2S. The molecule has 2 aromatic rings. The Morgan fingerprint density at radius 3 is 2.30 bits per heavy atom. The maximum Gasteiger partial charge on any atom is 0.240 e. The van der Waals surface area contributed by atoms with Crippen molar-refractivity contribution in [3.05, 3.63) is 66.2 Å². The normalized spacial score (nSPS) is 11.8. The molecular weight excluding hydrogens is 272 g/mol. The van der Waals surface area contributed by atoms with Gasteiger partial charge < -0.3 is 5.73 Å². The Kier molecular flexibility index (Phi) is 4.55. The zero-order valence-electron chi connectivity index (χ0n) is 10.9. The number of rotatable bonds is 5. The highest BCUT2D eigenvalue weighted by Gasteiger charge is 2.11. The molecule has 2 aromatic carbocycles. The Bertz CT molecular complexity index is 678. The van der Waals surface area contributed by atoms with Crippen molar-refractivity contribution in [1.29, 1.82) is 0 Å². The van der Waals surface area contributed by atoms with Crippen molar-refractivity contribution in [2.75, 3.05) is 12.3 Å². The first-order chi connectivity index (χ1) is 9.58. The summed E-state index contributed by atoms with van der Waals surface area (Å²) in [7, 11) is -3.49. The summed E-state index contributed by atoms with van der Waals surface area (Å²) in [6.07, 6.45) is 3.63. The van der Waals surface area contributed by atoms with Crippen LogP contribution < -0.4 is 10.5 Å². The molecule has 4 nitrogen and oxygen atoms in total. The van der Waals surface area contributed by atoms with Gasteiger partial charge in [-0.05, 0) is 29.8 Å². The average molecular weight is 288 g/mol. The minimum Gasteiger partial charge on any atom is -0.399 e. The number of sulfonamides is 1. The van der Waals surface area contributed by atoms with E-state index >= 15 is 0 Å². The third-order valence-corrected chi connectivity index (χ3v) is 4.13. The zero-order valence-corrected chi connectivity index (χ0v) is 11.7. The predicted molar refractivity (Wildman–Crippen MR) is 81.5 cm³/mol. The average Bonchev–Trinajstić information content (AvgIpc) is 2.45. The summed E-state index contributed by atoms with van der Waals surface area (Å²) in [5, 5.41) is 0. The van der Waals surface area contributed by atoms with Gasteiger partial charge in [0.25, 0.3) is 0 Å². The van der Waals surface area contributed by atoms with Gasteiger partial charge in [0.15, 0.2) is 0 Å². The summed E-state index contributed by atoms with van der Waals surface area (Å²) in [6.45, 7) is 0.238. The standard InChI is InChI=1S/C15H16N2O2S/c16-14-8-10-15(11-9-14)20(18,19)17-12-4-7-13-5-2-1-3-6-13/h1-11,17H,12,16H2. The van der Waals surface area contributed by atoms with Crippen LogP contribution in [0.1, 0.15) is 5.56 Å². The number of anilines is 1. The van der Waals surface area contributed by atoms with E-state index in [1.54, 1.807) is 18.2 Å². The molecule has 0 aromatic heterocycles. The van der Waals surface area contributed by atoms with Crippen molar-refractivity contribution in [3.8, 4) is 0 Å². The lowest BCUT2D eigenvalue weighted by Gasteiger charge is -2.04. The topological polar surface area (TPSA) is 72.2 Å². The van der Waals surface area contributed by atoms with Gasteiger partial charge in [0, 0.05) is 12.2 Å². The molecule has 0 atom stereocenters. The van der Waals surface area contributed by atoms with Crippen molar-refractivity contribution < 1.29 is 8.42 Å². The molecule has 0 unspecified atom stereocenters. The lowest BCUT2D eigenvalue weighted by atomic mass is 10.2. The second-order valence-corrected chi connectivity index (χ2v) is 6.00. The van der Waals surface area contributed by atoms with Gasteiger partial charge in [-0.25, -0.2) is 13.1 Å². The van der Waals surface area contributed by atoms with E-state index in [1.807, 2.05) is 36.4 Å². The largest absolute Gasteiger partial charge is 0.399 e. The molecule has 104 valence electrons. The van der Waals surface area contributed by atoms with Gasteiger partial charge in [0.2, 0.25) is 10.0 Å².